The van der Waals surface area contributed by atoms with Gasteiger partial charge in [-0.25, -0.2) is 9.97 Å². The number of ether oxygens (including phenoxy) is 1. The van der Waals surface area contributed by atoms with Crippen LogP contribution in [0.1, 0.15) is 5.69 Å². The molecule has 3 nitrogen and oxygen atoms in total. The minimum absolute atomic E-state index is 0.378. The normalized spacial score (nSPS) is 11.0. The molecule has 0 bridgehead atoms. The molecule has 0 unspecified atom stereocenters. The van der Waals surface area contributed by atoms with E-state index in [9.17, 15) is 0 Å². The predicted molar refractivity (Wildman–Crippen MR) is 88.4 cm³/mol. The largest absolute Gasteiger partial charge is 0.378 e. The van der Waals surface area contributed by atoms with Gasteiger partial charge in [-0.05, 0) is 32.8 Å². The number of hydrogen-bond donors (Lipinski definition) is 0. The van der Waals surface area contributed by atoms with E-state index in [1.54, 1.807) is 7.11 Å². The number of benzene rings is 2. The fourth-order valence-electron chi connectivity index (χ4n) is 2.15. The van der Waals surface area contributed by atoms with Gasteiger partial charge in [0, 0.05) is 12.7 Å². The van der Waals surface area contributed by atoms with Crippen molar-refractivity contribution in [2.24, 2.45) is 0 Å². The molecule has 106 valence electrons. The van der Waals surface area contributed by atoms with Gasteiger partial charge >= 0.3 is 0 Å². The first-order valence-electron chi connectivity index (χ1n) is 6.39. The summed E-state index contributed by atoms with van der Waals surface area (Å²) in [6.45, 7) is 0.378. The van der Waals surface area contributed by atoms with Crippen LogP contribution >= 0.6 is 27.5 Å². The van der Waals surface area contributed by atoms with Crippen LogP contribution in [-0.4, -0.2) is 17.1 Å². The van der Waals surface area contributed by atoms with Gasteiger partial charge in [-0.15, -0.1) is 0 Å². The molecule has 3 rings (SSSR count). The van der Waals surface area contributed by atoms with Gasteiger partial charge in [0.25, 0.3) is 0 Å². The minimum atomic E-state index is 0.378. The molecule has 0 N–H and O–H groups in total. The first kappa shape index (κ1) is 14.4. The lowest BCUT2D eigenvalue weighted by Gasteiger charge is -2.08. The first-order valence-corrected chi connectivity index (χ1v) is 7.56. The molecular formula is C16H12BrClN2O. The topological polar surface area (TPSA) is 35.0 Å². The summed E-state index contributed by atoms with van der Waals surface area (Å²) in [6.07, 6.45) is 0. The van der Waals surface area contributed by atoms with Crippen molar-refractivity contribution < 1.29 is 4.74 Å². The Kier molecular flexibility index (Phi) is 4.19. The smallest absolute Gasteiger partial charge is 0.161 e. The van der Waals surface area contributed by atoms with Crippen LogP contribution in [-0.2, 0) is 11.3 Å². The molecule has 0 spiro atoms. The fraction of sp³-hybridized carbons (Fsp3) is 0.125. The van der Waals surface area contributed by atoms with E-state index in [1.807, 2.05) is 18.2 Å². The van der Waals surface area contributed by atoms with Gasteiger partial charge in [0.1, 0.15) is 5.15 Å². The maximum absolute atomic E-state index is 6.17. The molecule has 21 heavy (non-hydrogen) atoms. The second-order valence-electron chi connectivity index (χ2n) is 4.59. The summed E-state index contributed by atoms with van der Waals surface area (Å²) in [5.41, 5.74) is 1.67. The van der Waals surface area contributed by atoms with Gasteiger partial charge in [0.05, 0.1) is 16.8 Å². The van der Waals surface area contributed by atoms with E-state index in [0.717, 1.165) is 16.6 Å². The van der Waals surface area contributed by atoms with Crippen LogP contribution in [0.25, 0.3) is 22.2 Å². The van der Waals surface area contributed by atoms with Crippen LogP contribution in [0, 0.1) is 0 Å². The number of aromatic nitrogens is 2. The van der Waals surface area contributed by atoms with Crippen LogP contribution in [0.5, 0.6) is 0 Å². The average molecular weight is 364 g/mol. The lowest BCUT2D eigenvalue weighted by molar-refractivity contribution is 0.181. The molecular weight excluding hydrogens is 352 g/mol. The van der Waals surface area contributed by atoms with Crippen LogP contribution in [0.2, 0.25) is 5.15 Å². The van der Waals surface area contributed by atoms with E-state index >= 15 is 0 Å². The van der Waals surface area contributed by atoms with Gasteiger partial charge in [-0.1, -0.05) is 48.0 Å². The van der Waals surface area contributed by atoms with Crippen molar-refractivity contribution in [1.29, 1.82) is 0 Å². The molecule has 1 aromatic heterocycles. The Morgan fingerprint density at radius 3 is 2.62 bits per heavy atom. The summed E-state index contributed by atoms with van der Waals surface area (Å²) in [4.78, 5) is 8.88. The molecule has 0 atom stereocenters. The highest BCUT2D eigenvalue weighted by molar-refractivity contribution is 9.10. The summed E-state index contributed by atoms with van der Waals surface area (Å²) in [5.74, 6) is 0.598. The van der Waals surface area contributed by atoms with Gasteiger partial charge < -0.3 is 4.74 Å². The van der Waals surface area contributed by atoms with Crippen molar-refractivity contribution in [3.8, 4) is 11.4 Å². The molecule has 0 fully saturated rings. The number of fused-ring (bicyclic) bond motifs is 1. The third-order valence-corrected chi connectivity index (χ3v) is 4.50. The Balaban J connectivity index is 2.13. The highest BCUT2D eigenvalue weighted by Crippen LogP contribution is 2.28. The summed E-state index contributed by atoms with van der Waals surface area (Å²) < 4.78 is 5.82. The van der Waals surface area contributed by atoms with E-state index < -0.39 is 0 Å². The van der Waals surface area contributed by atoms with Gasteiger partial charge in [0.2, 0.25) is 0 Å². The monoisotopic (exact) mass is 362 g/mol. The van der Waals surface area contributed by atoms with Crippen molar-refractivity contribution >= 4 is 38.3 Å². The highest BCUT2D eigenvalue weighted by Gasteiger charge is 2.12. The first-order chi connectivity index (χ1) is 10.2. The van der Waals surface area contributed by atoms with Gasteiger partial charge in [-0.3, -0.25) is 0 Å². The number of hydrogen-bond acceptors (Lipinski definition) is 3. The highest BCUT2D eigenvalue weighted by atomic mass is 79.9. The van der Waals surface area contributed by atoms with Crippen molar-refractivity contribution in [2.45, 2.75) is 6.61 Å². The SMILES string of the molecule is COCc1nc(-c2ccc3ccccc3c2)nc(Cl)c1Br. The molecule has 2 aromatic carbocycles. The van der Waals surface area contributed by atoms with Crippen molar-refractivity contribution in [2.75, 3.05) is 7.11 Å². The van der Waals surface area contributed by atoms with E-state index in [0.29, 0.717) is 22.1 Å². The maximum atomic E-state index is 6.17. The third kappa shape index (κ3) is 2.93. The van der Waals surface area contributed by atoms with Crippen molar-refractivity contribution in [3.63, 3.8) is 0 Å². The van der Waals surface area contributed by atoms with Crippen LogP contribution < -0.4 is 0 Å². The summed E-state index contributed by atoms with van der Waals surface area (Å²) in [6, 6.07) is 14.3. The average Bonchev–Trinajstić information content (AvgIpc) is 2.51. The Morgan fingerprint density at radius 2 is 1.86 bits per heavy atom. The zero-order chi connectivity index (χ0) is 14.8. The molecule has 5 heteroatoms. The second kappa shape index (κ2) is 6.10. The fourth-order valence-corrected chi connectivity index (χ4v) is 2.63. The molecule has 0 aliphatic rings. The van der Waals surface area contributed by atoms with Crippen molar-refractivity contribution in [3.05, 3.63) is 57.8 Å². The molecule has 0 radical (unpaired) electrons. The summed E-state index contributed by atoms with van der Waals surface area (Å²) in [5, 5.41) is 2.72. The lowest BCUT2D eigenvalue weighted by Crippen LogP contribution is -2.00. The molecule has 0 aliphatic carbocycles. The van der Waals surface area contributed by atoms with Crippen LogP contribution in [0.3, 0.4) is 0 Å². The van der Waals surface area contributed by atoms with Crippen LogP contribution in [0.15, 0.2) is 46.9 Å². The van der Waals surface area contributed by atoms with Crippen molar-refractivity contribution in [1.82, 2.24) is 9.97 Å². The number of halogens is 2. The Hall–Kier alpha value is -1.49. The molecule has 3 aromatic rings. The Morgan fingerprint density at radius 1 is 1.10 bits per heavy atom. The van der Waals surface area contributed by atoms with E-state index in [-0.39, 0.29) is 0 Å². The third-order valence-electron chi connectivity index (χ3n) is 3.17. The predicted octanol–water partition coefficient (Wildman–Crippen LogP) is 4.86. The lowest BCUT2D eigenvalue weighted by atomic mass is 10.1. The molecule has 0 amide bonds. The zero-order valence-corrected chi connectivity index (χ0v) is 13.6. The molecule has 0 saturated heterocycles. The molecule has 0 aliphatic heterocycles. The minimum Gasteiger partial charge on any atom is -0.378 e. The maximum Gasteiger partial charge on any atom is 0.161 e. The number of nitrogens with zero attached hydrogens (tertiary/aromatic N) is 2. The quantitative estimate of drug-likeness (QED) is 0.623. The van der Waals surface area contributed by atoms with E-state index in [4.69, 9.17) is 16.3 Å². The zero-order valence-electron chi connectivity index (χ0n) is 11.3. The summed E-state index contributed by atoms with van der Waals surface area (Å²) >= 11 is 9.56. The second-order valence-corrected chi connectivity index (χ2v) is 5.74. The Labute approximate surface area is 136 Å². The van der Waals surface area contributed by atoms with E-state index in [1.165, 1.54) is 5.39 Å². The number of rotatable bonds is 3. The number of methoxy groups -OCH3 is 1. The molecule has 1 heterocycles. The standard InChI is InChI=1S/C16H12BrClN2O/c1-21-9-13-14(17)15(18)20-16(19-13)12-7-6-10-4-2-3-5-11(10)8-12/h2-8H,9H2,1H3. The summed E-state index contributed by atoms with van der Waals surface area (Å²) in [7, 11) is 1.62. The van der Waals surface area contributed by atoms with Gasteiger partial charge in [-0.2, -0.15) is 0 Å². The molecule has 0 saturated carbocycles. The van der Waals surface area contributed by atoms with Crippen LogP contribution in [0.4, 0.5) is 0 Å². The Bertz CT molecular complexity index is 807. The van der Waals surface area contributed by atoms with E-state index in [2.05, 4.69) is 50.2 Å². The van der Waals surface area contributed by atoms with Gasteiger partial charge in [0.15, 0.2) is 5.82 Å².